The molecule has 0 atom stereocenters. The van der Waals surface area contributed by atoms with Crippen molar-refractivity contribution in [3.63, 3.8) is 0 Å². The number of benzene rings is 3. The summed E-state index contributed by atoms with van der Waals surface area (Å²) in [4.78, 5) is 26.1. The normalized spacial score (nSPS) is 14.4. The fraction of sp³-hybridized carbons (Fsp3) is 0.310. The molecule has 0 heterocycles. The Labute approximate surface area is 196 Å². The van der Waals surface area contributed by atoms with Crippen molar-refractivity contribution >= 4 is 11.9 Å². The molecule has 1 amide bonds. The van der Waals surface area contributed by atoms with Crippen LogP contribution in [0.1, 0.15) is 38.8 Å². The number of amides is 1. The van der Waals surface area contributed by atoms with Gasteiger partial charge in [0.1, 0.15) is 5.54 Å². The van der Waals surface area contributed by atoms with Crippen LogP contribution in [-0.2, 0) is 27.2 Å². The number of rotatable bonds is 5. The smallest absolute Gasteiger partial charge is 0.332 e. The number of hydrogen-bond donors (Lipinski definition) is 1. The summed E-state index contributed by atoms with van der Waals surface area (Å²) >= 11 is 0. The van der Waals surface area contributed by atoms with Gasteiger partial charge in [0.2, 0.25) is 5.91 Å². The predicted molar refractivity (Wildman–Crippen MR) is 132 cm³/mol. The highest BCUT2D eigenvalue weighted by Crippen LogP contribution is 2.40. The first-order valence-corrected chi connectivity index (χ1v) is 11.5. The zero-order valence-electron chi connectivity index (χ0n) is 19.8. The molecule has 4 rings (SSSR count). The molecule has 0 unspecified atom stereocenters. The van der Waals surface area contributed by atoms with Crippen LogP contribution >= 0.6 is 0 Å². The first-order valence-electron chi connectivity index (χ1n) is 11.5. The standard InChI is InChI=1S/C29H31NO3/c1-5-33-27(32)29(30-26(31)28(2,3)4)18-22-16-24(20-12-8-6-9-13-20)25(17-23(22)19-29)21-14-10-7-11-15-21/h6-17H,5,18-19H2,1-4H3,(H,30,31). The van der Waals surface area contributed by atoms with Gasteiger partial charge in [0.25, 0.3) is 0 Å². The van der Waals surface area contributed by atoms with E-state index in [-0.39, 0.29) is 18.5 Å². The van der Waals surface area contributed by atoms with E-state index in [0.717, 1.165) is 33.4 Å². The van der Waals surface area contributed by atoms with Gasteiger partial charge in [0.15, 0.2) is 0 Å². The first-order chi connectivity index (χ1) is 15.7. The molecule has 0 saturated heterocycles. The topological polar surface area (TPSA) is 55.4 Å². The van der Waals surface area contributed by atoms with Crippen molar-refractivity contribution in [3.8, 4) is 22.3 Å². The molecule has 0 radical (unpaired) electrons. The molecule has 1 aliphatic rings. The van der Waals surface area contributed by atoms with E-state index in [2.05, 4.69) is 41.7 Å². The average molecular weight is 442 g/mol. The number of hydrogen-bond acceptors (Lipinski definition) is 3. The van der Waals surface area contributed by atoms with E-state index in [1.807, 2.05) is 57.2 Å². The van der Waals surface area contributed by atoms with Crippen molar-refractivity contribution in [1.29, 1.82) is 0 Å². The molecule has 33 heavy (non-hydrogen) atoms. The van der Waals surface area contributed by atoms with Crippen LogP contribution in [0.5, 0.6) is 0 Å². The Hall–Kier alpha value is -3.40. The van der Waals surface area contributed by atoms with Crippen LogP contribution < -0.4 is 5.32 Å². The number of ether oxygens (including phenoxy) is 1. The summed E-state index contributed by atoms with van der Waals surface area (Å²) in [6.07, 6.45) is 0.829. The summed E-state index contributed by atoms with van der Waals surface area (Å²) in [5.41, 5.74) is 4.89. The average Bonchev–Trinajstić information content (AvgIpc) is 3.17. The van der Waals surface area contributed by atoms with Crippen LogP contribution in [0.3, 0.4) is 0 Å². The van der Waals surface area contributed by atoms with Gasteiger partial charge < -0.3 is 10.1 Å². The van der Waals surface area contributed by atoms with Gasteiger partial charge in [-0.2, -0.15) is 0 Å². The highest BCUT2D eigenvalue weighted by molar-refractivity contribution is 5.93. The summed E-state index contributed by atoms with van der Waals surface area (Å²) in [6, 6.07) is 24.9. The summed E-state index contributed by atoms with van der Waals surface area (Å²) < 4.78 is 5.45. The molecule has 4 nitrogen and oxygen atoms in total. The molecule has 0 saturated carbocycles. The van der Waals surface area contributed by atoms with E-state index < -0.39 is 11.0 Å². The summed E-state index contributed by atoms with van der Waals surface area (Å²) in [5, 5.41) is 3.07. The lowest BCUT2D eigenvalue weighted by Crippen LogP contribution is -2.58. The van der Waals surface area contributed by atoms with E-state index >= 15 is 0 Å². The van der Waals surface area contributed by atoms with Crippen LogP contribution in [0.15, 0.2) is 72.8 Å². The second kappa shape index (κ2) is 8.86. The van der Waals surface area contributed by atoms with Crippen molar-refractivity contribution in [1.82, 2.24) is 5.32 Å². The van der Waals surface area contributed by atoms with Crippen LogP contribution in [0, 0.1) is 5.41 Å². The van der Waals surface area contributed by atoms with Gasteiger partial charge in [-0.1, -0.05) is 93.6 Å². The molecular weight excluding hydrogens is 410 g/mol. The number of fused-ring (bicyclic) bond motifs is 1. The Morgan fingerprint density at radius 1 is 0.848 bits per heavy atom. The van der Waals surface area contributed by atoms with Crippen LogP contribution in [0.25, 0.3) is 22.3 Å². The van der Waals surface area contributed by atoms with E-state index in [1.54, 1.807) is 6.92 Å². The number of carbonyl (C=O) groups is 2. The molecular formula is C29H31NO3. The van der Waals surface area contributed by atoms with E-state index in [0.29, 0.717) is 12.8 Å². The minimum atomic E-state index is -1.09. The molecule has 1 aliphatic carbocycles. The number of carbonyl (C=O) groups excluding carboxylic acids is 2. The third kappa shape index (κ3) is 4.56. The molecule has 0 fully saturated rings. The Morgan fingerprint density at radius 2 is 1.30 bits per heavy atom. The van der Waals surface area contributed by atoms with Gasteiger partial charge >= 0.3 is 5.97 Å². The third-order valence-corrected chi connectivity index (χ3v) is 6.19. The monoisotopic (exact) mass is 441 g/mol. The van der Waals surface area contributed by atoms with Gasteiger partial charge in [-0.25, -0.2) is 4.79 Å². The van der Waals surface area contributed by atoms with E-state index in [4.69, 9.17) is 4.74 Å². The van der Waals surface area contributed by atoms with Gasteiger partial charge in [-0.15, -0.1) is 0 Å². The van der Waals surface area contributed by atoms with Gasteiger partial charge in [0.05, 0.1) is 6.61 Å². The lowest BCUT2D eigenvalue weighted by molar-refractivity contribution is -0.154. The van der Waals surface area contributed by atoms with Gasteiger partial charge in [-0.3, -0.25) is 4.79 Å². The van der Waals surface area contributed by atoms with Crippen LogP contribution in [0.4, 0.5) is 0 Å². The summed E-state index contributed by atoms with van der Waals surface area (Å²) in [7, 11) is 0. The Balaban J connectivity index is 1.83. The SMILES string of the molecule is CCOC(=O)C1(NC(=O)C(C)(C)C)Cc2cc(-c3ccccc3)c(-c3ccccc3)cc2C1. The molecule has 0 bridgehead atoms. The molecule has 0 aliphatic heterocycles. The minimum absolute atomic E-state index is 0.157. The largest absolute Gasteiger partial charge is 0.464 e. The summed E-state index contributed by atoms with van der Waals surface area (Å²) in [6.45, 7) is 7.62. The zero-order valence-corrected chi connectivity index (χ0v) is 19.8. The Bertz CT molecular complexity index is 1090. The Morgan fingerprint density at radius 3 is 1.70 bits per heavy atom. The van der Waals surface area contributed by atoms with E-state index in [9.17, 15) is 9.59 Å². The number of esters is 1. The van der Waals surface area contributed by atoms with Crippen LogP contribution in [-0.4, -0.2) is 24.0 Å². The molecule has 0 spiro atoms. The maximum absolute atomic E-state index is 13.2. The van der Waals surface area contributed by atoms with Crippen molar-refractivity contribution in [2.75, 3.05) is 6.61 Å². The molecule has 0 aromatic heterocycles. The molecule has 3 aromatic rings. The van der Waals surface area contributed by atoms with Gasteiger partial charge in [-0.05, 0) is 40.3 Å². The first kappa shape index (κ1) is 22.8. The second-order valence-electron chi connectivity index (χ2n) is 9.76. The predicted octanol–water partition coefficient (Wildman–Crippen LogP) is 5.58. The lowest BCUT2D eigenvalue weighted by atomic mass is 9.90. The number of nitrogens with one attached hydrogen (secondary N) is 1. The lowest BCUT2D eigenvalue weighted by Gasteiger charge is -2.31. The second-order valence-corrected chi connectivity index (χ2v) is 9.76. The summed E-state index contributed by atoms with van der Waals surface area (Å²) in [5.74, 6) is -0.531. The van der Waals surface area contributed by atoms with Crippen molar-refractivity contribution in [2.45, 2.75) is 46.1 Å². The van der Waals surface area contributed by atoms with Crippen LogP contribution in [0.2, 0.25) is 0 Å². The van der Waals surface area contributed by atoms with Gasteiger partial charge in [0, 0.05) is 18.3 Å². The van der Waals surface area contributed by atoms with E-state index in [1.165, 1.54) is 0 Å². The maximum atomic E-state index is 13.2. The molecule has 170 valence electrons. The maximum Gasteiger partial charge on any atom is 0.332 e. The highest BCUT2D eigenvalue weighted by atomic mass is 16.5. The van der Waals surface area contributed by atoms with Crippen molar-refractivity contribution in [3.05, 3.63) is 83.9 Å². The third-order valence-electron chi connectivity index (χ3n) is 6.19. The Kier molecular flexibility index (Phi) is 6.11. The molecule has 3 aromatic carbocycles. The quantitative estimate of drug-likeness (QED) is 0.526. The van der Waals surface area contributed by atoms with Crippen molar-refractivity contribution in [2.24, 2.45) is 5.41 Å². The molecule has 1 N–H and O–H groups in total. The highest BCUT2D eigenvalue weighted by Gasteiger charge is 2.48. The van der Waals surface area contributed by atoms with Crippen molar-refractivity contribution < 1.29 is 14.3 Å². The minimum Gasteiger partial charge on any atom is -0.464 e. The fourth-order valence-corrected chi connectivity index (χ4v) is 4.40. The molecule has 4 heteroatoms. The zero-order chi connectivity index (χ0) is 23.6. The fourth-order valence-electron chi connectivity index (χ4n) is 4.40.